The Bertz CT molecular complexity index is 433. The zero-order valence-electron chi connectivity index (χ0n) is 7.69. The number of rotatable bonds is 2. The fourth-order valence-electron chi connectivity index (χ4n) is 1.36. The molecule has 0 aromatic carbocycles. The van der Waals surface area contributed by atoms with Crippen molar-refractivity contribution in [3.05, 3.63) is 20.7 Å². The number of hydrogen-bond donors (Lipinski definition) is 1. The maximum Gasteiger partial charge on any atom is 0.327 e. The normalized spacial score (nSPS) is 17.9. The highest BCUT2D eigenvalue weighted by atomic mass is 32.1. The standard InChI is InChI=1S/C8H8N2O4S/c11-6-2-10(3-7(12)14-6)1-5-4-15-8(13)9-5/h4H,1-3H2,(H,9,13). The van der Waals surface area contributed by atoms with E-state index in [4.69, 9.17) is 0 Å². The van der Waals surface area contributed by atoms with Crippen molar-refractivity contribution in [2.24, 2.45) is 0 Å². The van der Waals surface area contributed by atoms with E-state index in [1.54, 1.807) is 10.3 Å². The van der Waals surface area contributed by atoms with Gasteiger partial charge in [0.1, 0.15) is 0 Å². The number of ether oxygens (including phenoxy) is 1. The van der Waals surface area contributed by atoms with E-state index in [0.29, 0.717) is 12.2 Å². The third kappa shape index (κ3) is 2.51. The number of thiazole rings is 1. The molecule has 0 amide bonds. The van der Waals surface area contributed by atoms with E-state index in [2.05, 4.69) is 9.72 Å². The van der Waals surface area contributed by atoms with Crippen LogP contribution in [-0.4, -0.2) is 34.9 Å². The molecule has 0 unspecified atom stereocenters. The Labute approximate surface area is 88.5 Å². The van der Waals surface area contributed by atoms with E-state index in [-0.39, 0.29) is 18.0 Å². The molecule has 1 aromatic rings. The minimum Gasteiger partial charge on any atom is -0.391 e. The van der Waals surface area contributed by atoms with Crippen molar-refractivity contribution < 1.29 is 14.3 Å². The Morgan fingerprint density at radius 3 is 2.53 bits per heavy atom. The summed E-state index contributed by atoms with van der Waals surface area (Å²) >= 11 is 1.06. The highest BCUT2D eigenvalue weighted by Gasteiger charge is 2.24. The predicted octanol–water partition coefficient (Wildman–Crippen LogP) is -0.678. The lowest BCUT2D eigenvalue weighted by molar-refractivity contribution is -0.167. The van der Waals surface area contributed by atoms with Gasteiger partial charge in [0.05, 0.1) is 13.1 Å². The van der Waals surface area contributed by atoms with Gasteiger partial charge in [-0.2, -0.15) is 0 Å². The summed E-state index contributed by atoms with van der Waals surface area (Å²) in [5, 5.41) is 1.67. The zero-order chi connectivity index (χ0) is 10.8. The van der Waals surface area contributed by atoms with Gasteiger partial charge in [0.2, 0.25) is 0 Å². The molecular weight excluding hydrogens is 220 g/mol. The Kier molecular flexibility index (Phi) is 2.65. The quantitative estimate of drug-likeness (QED) is 0.536. The van der Waals surface area contributed by atoms with E-state index < -0.39 is 11.9 Å². The number of nitrogens with zero attached hydrogens (tertiary/aromatic N) is 1. The lowest BCUT2D eigenvalue weighted by Crippen LogP contribution is -2.42. The van der Waals surface area contributed by atoms with Gasteiger partial charge in [-0.15, -0.1) is 0 Å². The minimum atomic E-state index is -0.552. The van der Waals surface area contributed by atoms with E-state index in [1.807, 2.05) is 0 Å². The molecule has 80 valence electrons. The fraction of sp³-hybridized carbons (Fsp3) is 0.375. The number of carbonyl (C=O) groups excluding carboxylic acids is 2. The lowest BCUT2D eigenvalue weighted by Gasteiger charge is -2.23. The predicted molar refractivity (Wildman–Crippen MR) is 51.3 cm³/mol. The van der Waals surface area contributed by atoms with Crippen molar-refractivity contribution in [3.8, 4) is 0 Å². The largest absolute Gasteiger partial charge is 0.391 e. The molecule has 1 saturated heterocycles. The van der Waals surface area contributed by atoms with Crippen LogP contribution in [0.4, 0.5) is 0 Å². The lowest BCUT2D eigenvalue weighted by atomic mass is 10.3. The van der Waals surface area contributed by atoms with Crippen LogP contribution in [0.15, 0.2) is 10.2 Å². The summed E-state index contributed by atoms with van der Waals surface area (Å²) in [6, 6.07) is 0. The first kappa shape index (κ1) is 10.1. The molecule has 7 heteroatoms. The smallest absolute Gasteiger partial charge is 0.327 e. The topological polar surface area (TPSA) is 79.5 Å². The second-order valence-electron chi connectivity index (χ2n) is 3.16. The number of hydrogen-bond acceptors (Lipinski definition) is 6. The molecule has 0 saturated carbocycles. The molecule has 1 aromatic heterocycles. The summed E-state index contributed by atoms with van der Waals surface area (Å²) in [6.45, 7) is 0.521. The van der Waals surface area contributed by atoms with Gasteiger partial charge >= 0.3 is 16.8 Å². The van der Waals surface area contributed by atoms with E-state index in [9.17, 15) is 14.4 Å². The van der Waals surface area contributed by atoms with Crippen molar-refractivity contribution in [2.45, 2.75) is 6.54 Å². The molecule has 1 aliphatic rings. The highest BCUT2D eigenvalue weighted by molar-refractivity contribution is 7.07. The first-order chi connectivity index (χ1) is 7.13. The molecule has 1 N–H and O–H groups in total. The number of carbonyl (C=O) groups is 2. The molecule has 6 nitrogen and oxygen atoms in total. The van der Waals surface area contributed by atoms with Crippen LogP contribution in [0.25, 0.3) is 0 Å². The van der Waals surface area contributed by atoms with Crippen molar-refractivity contribution in [1.82, 2.24) is 9.88 Å². The fourth-order valence-corrected chi connectivity index (χ4v) is 1.93. The summed E-state index contributed by atoms with van der Waals surface area (Å²) in [7, 11) is 0. The average molecular weight is 228 g/mol. The van der Waals surface area contributed by atoms with Crippen molar-refractivity contribution >= 4 is 23.3 Å². The Morgan fingerprint density at radius 1 is 1.33 bits per heavy atom. The molecule has 2 heterocycles. The number of aromatic amines is 1. The van der Waals surface area contributed by atoms with Gasteiger partial charge in [-0.05, 0) is 0 Å². The van der Waals surface area contributed by atoms with E-state index in [0.717, 1.165) is 11.3 Å². The maximum absolute atomic E-state index is 10.9. The summed E-state index contributed by atoms with van der Waals surface area (Å²) in [4.78, 5) is 36.8. The molecule has 0 radical (unpaired) electrons. The summed E-state index contributed by atoms with van der Waals surface area (Å²) in [5.41, 5.74) is 0.701. The highest BCUT2D eigenvalue weighted by Crippen LogP contribution is 2.06. The van der Waals surface area contributed by atoms with Crippen molar-refractivity contribution in [2.75, 3.05) is 13.1 Å². The second kappa shape index (κ2) is 3.95. The van der Waals surface area contributed by atoms with E-state index >= 15 is 0 Å². The molecule has 0 atom stereocenters. The van der Waals surface area contributed by atoms with Crippen LogP contribution in [0.2, 0.25) is 0 Å². The zero-order valence-corrected chi connectivity index (χ0v) is 8.50. The van der Waals surface area contributed by atoms with Crippen LogP contribution in [0.1, 0.15) is 5.69 Å². The number of cyclic esters (lactones) is 2. The molecular formula is C8H8N2O4S. The first-order valence-electron chi connectivity index (χ1n) is 4.26. The third-order valence-electron chi connectivity index (χ3n) is 1.90. The SMILES string of the molecule is O=C1CN(Cc2csc(=O)[nH]2)CC(=O)O1. The summed E-state index contributed by atoms with van der Waals surface area (Å²) in [6.07, 6.45) is 0. The Morgan fingerprint density at radius 2 is 2.00 bits per heavy atom. The number of H-pyrrole nitrogens is 1. The Hall–Kier alpha value is -1.47. The molecule has 0 bridgehead atoms. The number of morpholine rings is 1. The monoisotopic (exact) mass is 228 g/mol. The molecule has 1 fully saturated rings. The average Bonchev–Trinajstić information content (AvgIpc) is 2.49. The van der Waals surface area contributed by atoms with Crippen LogP contribution >= 0.6 is 11.3 Å². The van der Waals surface area contributed by atoms with Crippen LogP contribution in [-0.2, 0) is 20.9 Å². The molecule has 2 rings (SSSR count). The molecule has 15 heavy (non-hydrogen) atoms. The van der Waals surface area contributed by atoms with Gasteiger partial charge in [0.25, 0.3) is 0 Å². The molecule has 0 aliphatic carbocycles. The van der Waals surface area contributed by atoms with Crippen LogP contribution in [0.3, 0.4) is 0 Å². The van der Waals surface area contributed by atoms with Gasteiger partial charge in [0.15, 0.2) is 0 Å². The first-order valence-corrected chi connectivity index (χ1v) is 5.14. The van der Waals surface area contributed by atoms with Crippen LogP contribution < -0.4 is 4.87 Å². The number of nitrogens with one attached hydrogen (secondary N) is 1. The second-order valence-corrected chi connectivity index (χ2v) is 4.01. The van der Waals surface area contributed by atoms with Gasteiger partial charge < -0.3 is 9.72 Å². The van der Waals surface area contributed by atoms with Crippen LogP contribution in [0.5, 0.6) is 0 Å². The van der Waals surface area contributed by atoms with Gasteiger partial charge in [-0.1, -0.05) is 11.3 Å². The maximum atomic E-state index is 10.9. The molecule has 0 spiro atoms. The minimum absolute atomic E-state index is 0.0730. The van der Waals surface area contributed by atoms with Gasteiger partial charge in [-0.25, -0.2) is 0 Å². The van der Waals surface area contributed by atoms with E-state index in [1.165, 1.54) is 0 Å². The van der Waals surface area contributed by atoms with Crippen molar-refractivity contribution in [3.63, 3.8) is 0 Å². The summed E-state index contributed by atoms with van der Waals surface area (Å²) in [5.74, 6) is -1.10. The van der Waals surface area contributed by atoms with Crippen molar-refractivity contribution in [1.29, 1.82) is 0 Å². The molecule has 1 aliphatic heterocycles. The number of esters is 2. The van der Waals surface area contributed by atoms with Crippen LogP contribution in [0, 0.1) is 0 Å². The number of aromatic nitrogens is 1. The third-order valence-corrected chi connectivity index (χ3v) is 2.62. The Balaban J connectivity index is 2.03. The van der Waals surface area contributed by atoms with Gasteiger partial charge in [-0.3, -0.25) is 19.3 Å². The summed E-state index contributed by atoms with van der Waals surface area (Å²) < 4.78 is 4.37. The van der Waals surface area contributed by atoms with Gasteiger partial charge in [0, 0.05) is 17.6 Å².